The maximum atomic E-state index is 10.2. The topological polar surface area (TPSA) is 44.8 Å². The average Bonchev–Trinajstić information content (AvgIpc) is 3.16. The van der Waals surface area contributed by atoms with E-state index in [9.17, 15) is 4.79 Å². The Labute approximate surface area is 128 Å². The van der Waals surface area contributed by atoms with Crippen LogP contribution in [0.1, 0.15) is 58.3 Å². The second-order valence-electron chi connectivity index (χ2n) is 5.83. The summed E-state index contributed by atoms with van der Waals surface area (Å²) in [6.45, 7) is 6.57. The molecule has 21 heavy (non-hydrogen) atoms. The zero-order chi connectivity index (χ0) is 15.5. The van der Waals surface area contributed by atoms with Crippen LogP contribution in [0, 0.1) is 0 Å². The van der Waals surface area contributed by atoms with Crippen LogP contribution in [0.15, 0.2) is 12.2 Å². The van der Waals surface area contributed by atoms with E-state index < -0.39 is 0 Å². The third-order valence-electron chi connectivity index (χ3n) is 3.93. The van der Waals surface area contributed by atoms with Gasteiger partial charge in [0.25, 0.3) is 0 Å². The summed E-state index contributed by atoms with van der Waals surface area (Å²) >= 11 is 0. The van der Waals surface area contributed by atoms with Gasteiger partial charge in [0.15, 0.2) is 0 Å². The Kier molecular flexibility index (Phi) is 9.35. The zero-order valence-corrected chi connectivity index (χ0v) is 13.6. The Bertz CT molecular complexity index is 284. The van der Waals surface area contributed by atoms with Crippen LogP contribution in [0.4, 0.5) is 0 Å². The van der Waals surface area contributed by atoms with Gasteiger partial charge in [0.05, 0.1) is 32.5 Å². The third-order valence-corrected chi connectivity index (χ3v) is 3.93. The Balaban J connectivity index is 0.000000270. The van der Waals surface area contributed by atoms with Gasteiger partial charge in [-0.15, -0.1) is 0 Å². The molecule has 2 aliphatic carbocycles. The molecule has 0 spiro atoms. The quantitative estimate of drug-likeness (QED) is 0.426. The van der Waals surface area contributed by atoms with Crippen LogP contribution in [0.5, 0.6) is 0 Å². The predicted octanol–water partition coefficient (Wildman–Crippen LogP) is 3.64. The van der Waals surface area contributed by atoms with Gasteiger partial charge < -0.3 is 14.2 Å². The number of ether oxygens (including phenoxy) is 3. The number of carbonyl (C=O) groups is 1. The summed E-state index contributed by atoms with van der Waals surface area (Å²) in [5.41, 5.74) is 0.433. The molecule has 2 aliphatic rings. The van der Waals surface area contributed by atoms with Gasteiger partial charge in [0.2, 0.25) is 0 Å². The number of hydrogen-bond donors (Lipinski definition) is 0. The first-order chi connectivity index (χ1) is 10.1. The molecule has 122 valence electrons. The van der Waals surface area contributed by atoms with Crippen LogP contribution in [-0.2, 0) is 19.0 Å². The summed E-state index contributed by atoms with van der Waals surface area (Å²) in [5.74, 6) is -0.347. The Hall–Kier alpha value is -0.870. The lowest BCUT2D eigenvalue weighted by atomic mass is 10.3. The average molecular weight is 298 g/mol. The van der Waals surface area contributed by atoms with Crippen molar-refractivity contribution in [1.82, 2.24) is 0 Å². The highest BCUT2D eigenvalue weighted by atomic mass is 16.5. The fraction of sp³-hybridized carbons (Fsp3) is 0.824. The first-order valence-corrected chi connectivity index (χ1v) is 8.10. The van der Waals surface area contributed by atoms with Crippen LogP contribution in [0.25, 0.3) is 0 Å². The van der Waals surface area contributed by atoms with E-state index in [1.165, 1.54) is 58.5 Å². The maximum Gasteiger partial charge on any atom is 0.332 e. The highest BCUT2D eigenvalue weighted by Gasteiger charge is 2.17. The second kappa shape index (κ2) is 10.8. The number of carbonyl (C=O) groups excluding carboxylic acids is 1. The molecule has 0 unspecified atom stereocenters. The van der Waals surface area contributed by atoms with Crippen molar-refractivity contribution in [3.8, 4) is 0 Å². The molecule has 2 saturated carbocycles. The standard InChI is InChI=1S/C12H22O2.C5H8O2/c1-2-6-11(5-1)13-9-10-14-12-7-3-4-8-12;1-4(2)5(6)7-3/h11-12H,1-10H2;1H2,2-3H3. The molecule has 0 aromatic carbocycles. The highest BCUT2D eigenvalue weighted by Crippen LogP contribution is 2.22. The Morgan fingerprint density at radius 2 is 1.33 bits per heavy atom. The van der Waals surface area contributed by atoms with Crippen LogP contribution in [0.3, 0.4) is 0 Å². The Morgan fingerprint density at radius 3 is 1.57 bits per heavy atom. The highest BCUT2D eigenvalue weighted by molar-refractivity contribution is 5.86. The van der Waals surface area contributed by atoms with E-state index >= 15 is 0 Å². The molecule has 4 heteroatoms. The molecule has 2 rings (SSSR count). The maximum absolute atomic E-state index is 10.2. The largest absolute Gasteiger partial charge is 0.466 e. The molecule has 0 radical (unpaired) electrons. The fourth-order valence-electron chi connectivity index (χ4n) is 2.71. The molecule has 0 atom stereocenters. The lowest BCUT2D eigenvalue weighted by Crippen LogP contribution is -2.16. The molecule has 0 heterocycles. The van der Waals surface area contributed by atoms with E-state index in [1.807, 2.05) is 0 Å². The number of methoxy groups -OCH3 is 1. The molecule has 0 N–H and O–H groups in total. The van der Waals surface area contributed by atoms with Crippen LogP contribution < -0.4 is 0 Å². The predicted molar refractivity (Wildman–Crippen MR) is 83.2 cm³/mol. The van der Waals surface area contributed by atoms with Crippen molar-refractivity contribution in [2.45, 2.75) is 70.5 Å². The molecule has 2 fully saturated rings. The van der Waals surface area contributed by atoms with Crippen LogP contribution in [-0.4, -0.2) is 38.5 Å². The second-order valence-corrected chi connectivity index (χ2v) is 5.83. The molecule has 0 bridgehead atoms. The van der Waals surface area contributed by atoms with Crippen molar-refractivity contribution < 1.29 is 19.0 Å². The summed E-state index contributed by atoms with van der Waals surface area (Å²) in [7, 11) is 1.33. The smallest absolute Gasteiger partial charge is 0.332 e. The Morgan fingerprint density at radius 1 is 0.952 bits per heavy atom. The van der Waals surface area contributed by atoms with E-state index in [4.69, 9.17) is 9.47 Å². The fourth-order valence-corrected chi connectivity index (χ4v) is 2.71. The van der Waals surface area contributed by atoms with E-state index in [2.05, 4.69) is 11.3 Å². The molecule has 0 aliphatic heterocycles. The van der Waals surface area contributed by atoms with E-state index in [0.29, 0.717) is 17.8 Å². The summed E-state index contributed by atoms with van der Waals surface area (Å²) in [5, 5.41) is 0. The van der Waals surface area contributed by atoms with Crippen molar-refractivity contribution in [3.05, 3.63) is 12.2 Å². The van der Waals surface area contributed by atoms with Crippen LogP contribution in [0.2, 0.25) is 0 Å². The van der Waals surface area contributed by atoms with Gasteiger partial charge in [-0.3, -0.25) is 0 Å². The normalized spacial score (nSPS) is 19.1. The third kappa shape index (κ3) is 8.22. The zero-order valence-electron chi connectivity index (χ0n) is 13.6. The molecule has 0 aromatic heterocycles. The van der Waals surface area contributed by atoms with Crippen molar-refractivity contribution in [2.24, 2.45) is 0 Å². The summed E-state index contributed by atoms with van der Waals surface area (Å²) in [6.07, 6.45) is 11.6. The first-order valence-electron chi connectivity index (χ1n) is 8.10. The first kappa shape index (κ1) is 18.2. The van der Waals surface area contributed by atoms with E-state index in [-0.39, 0.29) is 5.97 Å². The molecular formula is C17H30O4. The van der Waals surface area contributed by atoms with Crippen LogP contribution >= 0.6 is 0 Å². The van der Waals surface area contributed by atoms with Gasteiger partial charge in [-0.25, -0.2) is 4.79 Å². The lowest BCUT2D eigenvalue weighted by molar-refractivity contribution is -0.136. The summed E-state index contributed by atoms with van der Waals surface area (Å²) in [4.78, 5) is 10.2. The van der Waals surface area contributed by atoms with Crippen molar-refractivity contribution >= 4 is 5.97 Å². The lowest BCUT2D eigenvalue weighted by Gasteiger charge is -2.14. The minimum atomic E-state index is -0.347. The van der Waals surface area contributed by atoms with Gasteiger partial charge in [-0.2, -0.15) is 0 Å². The summed E-state index contributed by atoms with van der Waals surface area (Å²) in [6, 6.07) is 0. The van der Waals surface area contributed by atoms with Gasteiger partial charge in [0.1, 0.15) is 0 Å². The molecule has 0 amide bonds. The van der Waals surface area contributed by atoms with Crippen molar-refractivity contribution in [2.75, 3.05) is 20.3 Å². The van der Waals surface area contributed by atoms with E-state index in [1.54, 1.807) is 6.92 Å². The van der Waals surface area contributed by atoms with Gasteiger partial charge in [-0.05, 0) is 32.6 Å². The molecule has 0 aromatic rings. The number of hydrogen-bond acceptors (Lipinski definition) is 4. The molecule has 4 nitrogen and oxygen atoms in total. The minimum Gasteiger partial charge on any atom is -0.466 e. The number of esters is 1. The monoisotopic (exact) mass is 298 g/mol. The molecule has 0 saturated heterocycles. The SMILES string of the molecule is C1CCC(OCCOC2CCCC2)C1.C=C(C)C(=O)OC. The summed E-state index contributed by atoms with van der Waals surface area (Å²) < 4.78 is 15.7. The van der Waals surface area contributed by atoms with Crippen molar-refractivity contribution in [1.29, 1.82) is 0 Å². The van der Waals surface area contributed by atoms with E-state index in [0.717, 1.165) is 13.2 Å². The van der Waals surface area contributed by atoms with Gasteiger partial charge >= 0.3 is 5.97 Å². The van der Waals surface area contributed by atoms with Gasteiger partial charge in [-0.1, -0.05) is 32.3 Å². The van der Waals surface area contributed by atoms with Gasteiger partial charge in [0, 0.05) is 5.57 Å². The molecular weight excluding hydrogens is 268 g/mol. The number of rotatable bonds is 6. The minimum absolute atomic E-state index is 0.347. The van der Waals surface area contributed by atoms with Crippen molar-refractivity contribution in [3.63, 3.8) is 0 Å².